The summed E-state index contributed by atoms with van der Waals surface area (Å²) in [6, 6.07) is 14.2. The van der Waals surface area contributed by atoms with E-state index in [1.54, 1.807) is 7.11 Å². The van der Waals surface area contributed by atoms with Crippen molar-refractivity contribution in [2.45, 2.75) is 0 Å². The fourth-order valence-corrected chi connectivity index (χ4v) is 2.17. The number of rotatable bonds is 2. The van der Waals surface area contributed by atoms with Gasteiger partial charge in [-0.1, -0.05) is 36.4 Å². The zero-order valence-electron chi connectivity index (χ0n) is 10.2. The summed E-state index contributed by atoms with van der Waals surface area (Å²) >= 11 is 0. The van der Waals surface area contributed by atoms with E-state index in [2.05, 4.69) is 18.2 Å². The maximum absolute atomic E-state index is 5.77. The zero-order chi connectivity index (χ0) is 12.4. The second kappa shape index (κ2) is 4.57. The maximum atomic E-state index is 5.77. The van der Waals surface area contributed by atoms with Crippen molar-refractivity contribution < 1.29 is 9.47 Å². The van der Waals surface area contributed by atoms with Crippen LogP contribution in [0.5, 0.6) is 11.5 Å². The Labute approximate surface area is 106 Å². The molecule has 0 bridgehead atoms. The number of hydrogen-bond donors (Lipinski definition) is 0. The predicted molar refractivity (Wildman–Crippen MR) is 73.0 cm³/mol. The molecule has 2 nitrogen and oxygen atoms in total. The SMILES string of the molecule is COc1cc2c(c(-c3ccccc3)c1)OCC=C2. The zero-order valence-corrected chi connectivity index (χ0v) is 10.2. The lowest BCUT2D eigenvalue weighted by molar-refractivity contribution is 0.358. The standard InChI is InChI=1S/C16H14O2/c1-17-14-10-13-8-5-9-18-16(13)15(11-14)12-6-3-2-4-7-12/h2-8,10-11H,9H2,1H3. The molecule has 90 valence electrons. The fourth-order valence-electron chi connectivity index (χ4n) is 2.17. The van der Waals surface area contributed by atoms with Crippen molar-refractivity contribution in [2.24, 2.45) is 0 Å². The molecule has 3 rings (SSSR count). The molecular formula is C16H14O2. The van der Waals surface area contributed by atoms with Crippen molar-refractivity contribution in [3.63, 3.8) is 0 Å². The molecule has 18 heavy (non-hydrogen) atoms. The van der Waals surface area contributed by atoms with Gasteiger partial charge in [0.2, 0.25) is 0 Å². The molecule has 2 aromatic carbocycles. The molecule has 0 aliphatic carbocycles. The Hall–Kier alpha value is -2.22. The van der Waals surface area contributed by atoms with Gasteiger partial charge in [-0.25, -0.2) is 0 Å². The third-order valence-corrected chi connectivity index (χ3v) is 3.03. The van der Waals surface area contributed by atoms with Crippen LogP contribution in [-0.2, 0) is 0 Å². The average molecular weight is 238 g/mol. The van der Waals surface area contributed by atoms with Gasteiger partial charge in [-0.15, -0.1) is 0 Å². The van der Waals surface area contributed by atoms with Crippen LogP contribution in [0.4, 0.5) is 0 Å². The number of ether oxygens (including phenoxy) is 2. The van der Waals surface area contributed by atoms with E-state index < -0.39 is 0 Å². The summed E-state index contributed by atoms with van der Waals surface area (Å²) in [6.45, 7) is 0.624. The smallest absolute Gasteiger partial charge is 0.135 e. The lowest BCUT2D eigenvalue weighted by Crippen LogP contribution is -2.02. The Morgan fingerprint density at radius 2 is 1.94 bits per heavy atom. The first kappa shape index (κ1) is 10.9. The first-order chi connectivity index (χ1) is 8.88. The van der Waals surface area contributed by atoms with Gasteiger partial charge in [-0.05, 0) is 23.8 Å². The number of fused-ring (bicyclic) bond motifs is 1. The number of benzene rings is 2. The Balaban J connectivity index is 2.22. The Morgan fingerprint density at radius 1 is 1.11 bits per heavy atom. The molecule has 0 spiro atoms. The summed E-state index contributed by atoms with van der Waals surface area (Å²) < 4.78 is 11.1. The van der Waals surface area contributed by atoms with E-state index in [-0.39, 0.29) is 0 Å². The third kappa shape index (κ3) is 1.86. The molecule has 0 N–H and O–H groups in total. The average Bonchev–Trinajstić information content (AvgIpc) is 2.47. The van der Waals surface area contributed by atoms with Crippen molar-refractivity contribution in [1.82, 2.24) is 0 Å². The molecule has 0 amide bonds. The van der Waals surface area contributed by atoms with E-state index in [0.29, 0.717) is 6.61 Å². The highest BCUT2D eigenvalue weighted by Crippen LogP contribution is 2.39. The first-order valence-corrected chi connectivity index (χ1v) is 5.95. The van der Waals surface area contributed by atoms with Gasteiger partial charge in [0.25, 0.3) is 0 Å². The van der Waals surface area contributed by atoms with Gasteiger partial charge in [0.1, 0.15) is 18.1 Å². The van der Waals surface area contributed by atoms with Gasteiger partial charge in [0.15, 0.2) is 0 Å². The van der Waals surface area contributed by atoms with E-state index in [4.69, 9.17) is 9.47 Å². The highest BCUT2D eigenvalue weighted by molar-refractivity contribution is 5.79. The molecule has 0 unspecified atom stereocenters. The van der Waals surface area contributed by atoms with Gasteiger partial charge in [0, 0.05) is 11.1 Å². The first-order valence-electron chi connectivity index (χ1n) is 5.95. The van der Waals surface area contributed by atoms with Crippen LogP contribution >= 0.6 is 0 Å². The summed E-state index contributed by atoms with van der Waals surface area (Å²) in [6.07, 6.45) is 4.09. The summed E-state index contributed by atoms with van der Waals surface area (Å²) in [5.41, 5.74) is 3.29. The topological polar surface area (TPSA) is 18.5 Å². The van der Waals surface area contributed by atoms with Crippen LogP contribution in [0.3, 0.4) is 0 Å². The highest BCUT2D eigenvalue weighted by atomic mass is 16.5. The van der Waals surface area contributed by atoms with Crippen LogP contribution in [0.1, 0.15) is 5.56 Å². The number of methoxy groups -OCH3 is 1. The molecule has 0 radical (unpaired) electrons. The van der Waals surface area contributed by atoms with Crippen molar-refractivity contribution in [3.8, 4) is 22.6 Å². The molecule has 0 saturated heterocycles. The molecule has 2 aromatic rings. The number of hydrogen-bond acceptors (Lipinski definition) is 2. The Bertz CT molecular complexity index is 586. The largest absolute Gasteiger partial charge is 0.497 e. The molecule has 0 aromatic heterocycles. The van der Waals surface area contributed by atoms with Crippen LogP contribution in [-0.4, -0.2) is 13.7 Å². The third-order valence-electron chi connectivity index (χ3n) is 3.03. The van der Waals surface area contributed by atoms with E-state index in [9.17, 15) is 0 Å². The molecule has 1 aliphatic rings. The van der Waals surface area contributed by atoms with E-state index >= 15 is 0 Å². The van der Waals surface area contributed by atoms with Crippen LogP contribution in [0.2, 0.25) is 0 Å². The molecular weight excluding hydrogens is 224 g/mol. The minimum Gasteiger partial charge on any atom is -0.497 e. The molecule has 1 aliphatic heterocycles. The summed E-state index contributed by atoms with van der Waals surface area (Å²) in [5, 5.41) is 0. The molecule has 0 saturated carbocycles. The van der Waals surface area contributed by atoms with Crippen molar-refractivity contribution >= 4 is 6.08 Å². The van der Waals surface area contributed by atoms with Gasteiger partial charge in [-0.2, -0.15) is 0 Å². The second-order valence-corrected chi connectivity index (χ2v) is 4.17. The molecule has 2 heteroatoms. The normalized spacial score (nSPS) is 12.7. The lowest BCUT2D eigenvalue weighted by Gasteiger charge is -2.18. The van der Waals surface area contributed by atoms with Gasteiger partial charge < -0.3 is 9.47 Å². The van der Waals surface area contributed by atoms with Gasteiger partial charge in [0.05, 0.1) is 7.11 Å². The minimum atomic E-state index is 0.624. The quantitative estimate of drug-likeness (QED) is 0.793. The second-order valence-electron chi connectivity index (χ2n) is 4.17. The lowest BCUT2D eigenvalue weighted by atomic mass is 9.99. The Morgan fingerprint density at radius 3 is 2.72 bits per heavy atom. The summed E-state index contributed by atoms with van der Waals surface area (Å²) in [5.74, 6) is 1.78. The van der Waals surface area contributed by atoms with E-state index in [1.807, 2.05) is 36.4 Å². The van der Waals surface area contributed by atoms with Crippen LogP contribution < -0.4 is 9.47 Å². The van der Waals surface area contributed by atoms with Gasteiger partial charge >= 0.3 is 0 Å². The van der Waals surface area contributed by atoms with E-state index in [0.717, 1.165) is 28.2 Å². The fraction of sp³-hybridized carbons (Fsp3) is 0.125. The summed E-state index contributed by atoms with van der Waals surface area (Å²) in [4.78, 5) is 0. The van der Waals surface area contributed by atoms with E-state index in [1.165, 1.54) is 0 Å². The van der Waals surface area contributed by atoms with Crippen LogP contribution in [0, 0.1) is 0 Å². The van der Waals surface area contributed by atoms with Crippen LogP contribution in [0.25, 0.3) is 17.2 Å². The Kier molecular flexibility index (Phi) is 2.77. The predicted octanol–water partition coefficient (Wildman–Crippen LogP) is 3.77. The molecule has 1 heterocycles. The minimum absolute atomic E-state index is 0.624. The summed E-state index contributed by atoms with van der Waals surface area (Å²) in [7, 11) is 1.68. The van der Waals surface area contributed by atoms with Crippen molar-refractivity contribution in [1.29, 1.82) is 0 Å². The highest BCUT2D eigenvalue weighted by Gasteiger charge is 2.14. The van der Waals surface area contributed by atoms with Crippen molar-refractivity contribution in [3.05, 3.63) is 54.1 Å². The van der Waals surface area contributed by atoms with Crippen LogP contribution in [0.15, 0.2) is 48.5 Å². The van der Waals surface area contributed by atoms with Gasteiger partial charge in [-0.3, -0.25) is 0 Å². The monoisotopic (exact) mass is 238 g/mol. The maximum Gasteiger partial charge on any atom is 0.135 e. The molecule has 0 atom stereocenters. The molecule has 0 fully saturated rings. The van der Waals surface area contributed by atoms with Crippen molar-refractivity contribution in [2.75, 3.05) is 13.7 Å².